The van der Waals surface area contributed by atoms with Gasteiger partial charge in [0.2, 0.25) is 5.76 Å². The monoisotopic (exact) mass is 316 g/mol. The highest BCUT2D eigenvalue weighted by molar-refractivity contribution is 5.92. The van der Waals surface area contributed by atoms with Gasteiger partial charge in [0.05, 0.1) is 11.9 Å². The lowest BCUT2D eigenvalue weighted by Gasteiger charge is -2.15. The normalized spacial score (nSPS) is 17.2. The summed E-state index contributed by atoms with van der Waals surface area (Å²) in [7, 11) is 0. The van der Waals surface area contributed by atoms with Crippen molar-refractivity contribution in [1.82, 2.24) is 20.6 Å². The molecular weight excluding hydrogens is 296 g/mol. The molecule has 1 saturated heterocycles. The lowest BCUT2D eigenvalue weighted by Crippen LogP contribution is -2.25. The molecule has 1 fully saturated rings. The van der Waals surface area contributed by atoms with Crippen molar-refractivity contribution in [2.45, 2.75) is 32.9 Å². The fourth-order valence-electron chi connectivity index (χ4n) is 2.57. The van der Waals surface area contributed by atoms with Crippen molar-refractivity contribution >= 4 is 5.91 Å². The van der Waals surface area contributed by atoms with Crippen LogP contribution in [0.1, 0.15) is 34.1 Å². The maximum Gasteiger partial charge on any atom is 0.289 e. The summed E-state index contributed by atoms with van der Waals surface area (Å²) in [4.78, 5) is 20.4. The van der Waals surface area contributed by atoms with Gasteiger partial charge in [-0.15, -0.1) is 0 Å². The van der Waals surface area contributed by atoms with Crippen LogP contribution in [0.5, 0.6) is 5.75 Å². The minimum Gasteiger partial charge on any atom is -0.487 e. The quantitative estimate of drug-likeness (QED) is 0.866. The van der Waals surface area contributed by atoms with Gasteiger partial charge in [-0.2, -0.15) is 0 Å². The fourth-order valence-corrected chi connectivity index (χ4v) is 2.57. The topological polar surface area (TPSA) is 89.3 Å². The minimum absolute atomic E-state index is 0.146. The maximum atomic E-state index is 12.2. The van der Waals surface area contributed by atoms with Crippen LogP contribution in [-0.4, -0.2) is 35.1 Å². The predicted molar refractivity (Wildman–Crippen MR) is 83.3 cm³/mol. The van der Waals surface area contributed by atoms with E-state index in [4.69, 9.17) is 9.15 Å². The van der Waals surface area contributed by atoms with E-state index in [1.807, 2.05) is 6.07 Å². The highest BCUT2D eigenvalue weighted by Crippen LogP contribution is 2.20. The second kappa shape index (κ2) is 6.78. The van der Waals surface area contributed by atoms with Gasteiger partial charge in [-0.1, -0.05) is 0 Å². The largest absolute Gasteiger partial charge is 0.487 e. The molecule has 3 rings (SSSR count). The molecule has 1 amide bonds. The average molecular weight is 316 g/mol. The number of amides is 1. The Balaban J connectivity index is 1.65. The molecule has 122 valence electrons. The molecule has 2 N–H and O–H groups in total. The number of carbonyl (C=O) groups excluding carboxylic acids is 1. The molecule has 0 aromatic carbocycles. The van der Waals surface area contributed by atoms with Gasteiger partial charge < -0.3 is 19.8 Å². The number of rotatable bonds is 5. The summed E-state index contributed by atoms with van der Waals surface area (Å²) < 4.78 is 11.3. The first-order valence-electron chi connectivity index (χ1n) is 7.66. The first-order valence-corrected chi connectivity index (χ1v) is 7.66. The number of hydrogen-bond donors (Lipinski definition) is 2. The Kier molecular flexibility index (Phi) is 4.57. The predicted octanol–water partition coefficient (Wildman–Crippen LogP) is 1.36. The molecule has 7 heteroatoms. The molecule has 3 heterocycles. The number of ether oxygens (including phenoxy) is 1. The van der Waals surface area contributed by atoms with E-state index in [0.717, 1.165) is 25.1 Å². The number of carbonyl (C=O) groups is 1. The molecule has 0 aliphatic carbocycles. The zero-order chi connectivity index (χ0) is 16.2. The lowest BCUT2D eigenvalue weighted by molar-refractivity contribution is 0.0920. The molecule has 1 aliphatic rings. The molecule has 0 spiro atoms. The van der Waals surface area contributed by atoms with Crippen molar-refractivity contribution in [1.29, 1.82) is 0 Å². The van der Waals surface area contributed by atoms with Crippen LogP contribution in [0.3, 0.4) is 0 Å². The van der Waals surface area contributed by atoms with Gasteiger partial charge in [-0.05, 0) is 26.0 Å². The van der Waals surface area contributed by atoms with Gasteiger partial charge in [0.25, 0.3) is 5.91 Å². The summed E-state index contributed by atoms with van der Waals surface area (Å²) in [5, 5.41) is 6.10. The SMILES string of the molecule is Cc1nc(C)c(C(=O)NCc2ccncc2O[C@H]2CCNC2)o1. The highest BCUT2D eigenvalue weighted by atomic mass is 16.5. The maximum absolute atomic E-state index is 12.2. The Morgan fingerprint density at radius 3 is 3.09 bits per heavy atom. The Morgan fingerprint density at radius 1 is 1.52 bits per heavy atom. The summed E-state index contributed by atoms with van der Waals surface area (Å²) >= 11 is 0. The van der Waals surface area contributed by atoms with E-state index in [0.29, 0.717) is 23.9 Å². The molecule has 2 aromatic rings. The highest BCUT2D eigenvalue weighted by Gasteiger charge is 2.19. The van der Waals surface area contributed by atoms with E-state index in [2.05, 4.69) is 20.6 Å². The standard InChI is InChI=1S/C16H20N4O3/c1-10-15(22-11(2)20-10)16(21)19-7-12-3-5-18-9-14(12)23-13-4-6-17-8-13/h3,5,9,13,17H,4,6-8H2,1-2H3,(H,19,21)/t13-/m0/s1. The molecule has 23 heavy (non-hydrogen) atoms. The third-order valence-corrected chi connectivity index (χ3v) is 3.73. The third kappa shape index (κ3) is 3.68. The van der Waals surface area contributed by atoms with Crippen molar-refractivity contribution in [3.63, 3.8) is 0 Å². The van der Waals surface area contributed by atoms with Crippen molar-refractivity contribution in [2.24, 2.45) is 0 Å². The van der Waals surface area contributed by atoms with Crippen LogP contribution in [-0.2, 0) is 6.54 Å². The zero-order valence-electron chi connectivity index (χ0n) is 13.3. The van der Waals surface area contributed by atoms with E-state index in [9.17, 15) is 4.79 Å². The Labute approximate surface area is 134 Å². The van der Waals surface area contributed by atoms with E-state index in [-0.39, 0.29) is 17.8 Å². The van der Waals surface area contributed by atoms with E-state index in [1.165, 1.54) is 0 Å². The lowest BCUT2D eigenvalue weighted by atomic mass is 10.2. The Hall–Kier alpha value is -2.41. The molecule has 0 radical (unpaired) electrons. The minimum atomic E-state index is -0.284. The molecule has 0 unspecified atom stereocenters. The summed E-state index contributed by atoms with van der Waals surface area (Å²) in [5.74, 6) is 1.15. The third-order valence-electron chi connectivity index (χ3n) is 3.73. The second-order valence-electron chi connectivity index (χ2n) is 5.55. The van der Waals surface area contributed by atoms with Crippen LogP contribution in [0.4, 0.5) is 0 Å². The van der Waals surface area contributed by atoms with Crippen LogP contribution in [0, 0.1) is 13.8 Å². The summed E-state index contributed by atoms with van der Waals surface area (Å²) in [6.45, 7) is 5.60. The Morgan fingerprint density at radius 2 is 2.39 bits per heavy atom. The summed E-state index contributed by atoms with van der Waals surface area (Å²) in [6.07, 6.45) is 4.49. The smallest absolute Gasteiger partial charge is 0.289 e. The zero-order valence-corrected chi connectivity index (χ0v) is 13.3. The number of hydrogen-bond acceptors (Lipinski definition) is 6. The molecule has 0 saturated carbocycles. The number of oxazole rings is 1. The molecular formula is C16H20N4O3. The molecule has 1 aliphatic heterocycles. The first-order chi connectivity index (χ1) is 11.1. The van der Waals surface area contributed by atoms with Gasteiger partial charge >= 0.3 is 0 Å². The summed E-state index contributed by atoms with van der Waals surface area (Å²) in [5.41, 5.74) is 1.47. The van der Waals surface area contributed by atoms with Crippen LogP contribution >= 0.6 is 0 Å². The fraction of sp³-hybridized carbons (Fsp3) is 0.438. The van der Waals surface area contributed by atoms with E-state index < -0.39 is 0 Å². The van der Waals surface area contributed by atoms with E-state index >= 15 is 0 Å². The van der Waals surface area contributed by atoms with Gasteiger partial charge in [0.1, 0.15) is 11.9 Å². The molecule has 1 atom stereocenters. The molecule has 7 nitrogen and oxygen atoms in total. The van der Waals surface area contributed by atoms with Crippen molar-refractivity contribution in [2.75, 3.05) is 13.1 Å². The van der Waals surface area contributed by atoms with Gasteiger partial charge in [0.15, 0.2) is 5.89 Å². The number of aromatic nitrogens is 2. The van der Waals surface area contributed by atoms with Crippen LogP contribution in [0.15, 0.2) is 22.9 Å². The average Bonchev–Trinajstić information content (AvgIpc) is 3.15. The number of nitrogens with zero attached hydrogens (tertiary/aromatic N) is 2. The molecule has 2 aromatic heterocycles. The summed E-state index contributed by atoms with van der Waals surface area (Å²) in [6, 6.07) is 1.84. The van der Waals surface area contributed by atoms with Gasteiger partial charge in [0, 0.05) is 31.8 Å². The van der Waals surface area contributed by atoms with Crippen LogP contribution < -0.4 is 15.4 Å². The van der Waals surface area contributed by atoms with E-state index in [1.54, 1.807) is 26.2 Å². The molecule has 0 bridgehead atoms. The number of nitrogens with one attached hydrogen (secondary N) is 2. The van der Waals surface area contributed by atoms with Gasteiger partial charge in [-0.25, -0.2) is 4.98 Å². The first kappa shape index (κ1) is 15.5. The number of aryl methyl sites for hydroxylation is 2. The van der Waals surface area contributed by atoms with Gasteiger partial charge in [-0.3, -0.25) is 9.78 Å². The van der Waals surface area contributed by atoms with Crippen LogP contribution in [0.25, 0.3) is 0 Å². The van der Waals surface area contributed by atoms with Crippen LogP contribution in [0.2, 0.25) is 0 Å². The Bertz CT molecular complexity index is 692. The van der Waals surface area contributed by atoms with Crippen molar-refractivity contribution in [3.05, 3.63) is 41.4 Å². The van der Waals surface area contributed by atoms with Crippen molar-refractivity contribution in [3.8, 4) is 5.75 Å². The van der Waals surface area contributed by atoms with Crippen molar-refractivity contribution < 1.29 is 13.9 Å². The number of pyridine rings is 1. The second-order valence-corrected chi connectivity index (χ2v) is 5.55.